The lowest BCUT2D eigenvalue weighted by Crippen LogP contribution is -3.06. The second kappa shape index (κ2) is 7.65. The number of benzene rings is 1. The molecule has 158 valence electrons. The molecule has 0 atom stereocenters. The van der Waals surface area contributed by atoms with E-state index in [0.29, 0.717) is 32.9 Å². The summed E-state index contributed by atoms with van der Waals surface area (Å²) in [6.45, 7) is 10.6. The summed E-state index contributed by atoms with van der Waals surface area (Å²) in [6, 6.07) is 3.37. The molecule has 1 saturated heterocycles. The van der Waals surface area contributed by atoms with Crippen LogP contribution in [-0.2, 0) is 11.2 Å². The van der Waals surface area contributed by atoms with Crippen LogP contribution in [-0.4, -0.2) is 30.1 Å². The van der Waals surface area contributed by atoms with Crippen molar-refractivity contribution < 1.29 is 19.3 Å². The van der Waals surface area contributed by atoms with E-state index in [0.717, 1.165) is 12.8 Å². The van der Waals surface area contributed by atoms with Crippen molar-refractivity contribution in [2.45, 2.75) is 71.0 Å². The van der Waals surface area contributed by atoms with Crippen LogP contribution in [0.25, 0.3) is 11.0 Å². The quantitative estimate of drug-likeness (QED) is 0.743. The highest BCUT2D eigenvalue weighted by Crippen LogP contribution is 2.31. The number of hydrogen-bond donors (Lipinski definition) is 2. The molecule has 2 aromatic rings. The van der Waals surface area contributed by atoms with Crippen molar-refractivity contribution in [3.05, 3.63) is 38.7 Å². The van der Waals surface area contributed by atoms with E-state index in [1.807, 2.05) is 6.92 Å². The van der Waals surface area contributed by atoms with Crippen LogP contribution < -0.4 is 21.0 Å². The molecule has 2 heterocycles. The fourth-order valence-corrected chi connectivity index (χ4v) is 5.05. The third-order valence-corrected chi connectivity index (χ3v) is 5.88. The highest BCUT2D eigenvalue weighted by Gasteiger charge is 2.42. The number of methoxy groups -OCH3 is 1. The molecule has 0 aliphatic carbocycles. The number of amides is 1. The normalized spacial score (nSPS) is 18.6. The number of aryl methyl sites for hydroxylation is 1. The smallest absolute Gasteiger partial charge is 0.340 e. The Morgan fingerprint density at radius 3 is 2.48 bits per heavy atom. The van der Waals surface area contributed by atoms with Crippen molar-refractivity contribution in [1.82, 2.24) is 5.32 Å². The second-order valence-electron chi connectivity index (χ2n) is 9.45. The molecule has 0 bridgehead atoms. The summed E-state index contributed by atoms with van der Waals surface area (Å²) < 4.78 is 10.6. The Kier molecular flexibility index (Phi) is 5.71. The summed E-state index contributed by atoms with van der Waals surface area (Å²) in [4.78, 5) is 25.3. The highest BCUT2D eigenvalue weighted by atomic mass is 35.5. The van der Waals surface area contributed by atoms with Crippen LogP contribution in [0.15, 0.2) is 21.3 Å². The van der Waals surface area contributed by atoms with Crippen molar-refractivity contribution in [2.75, 3.05) is 7.11 Å². The van der Waals surface area contributed by atoms with Crippen LogP contribution >= 0.6 is 11.6 Å². The molecule has 1 aliphatic rings. The third-order valence-electron chi connectivity index (χ3n) is 5.59. The summed E-state index contributed by atoms with van der Waals surface area (Å²) in [6.07, 6.45) is 1.74. The summed E-state index contributed by atoms with van der Waals surface area (Å²) >= 11 is 6.23. The zero-order valence-electron chi connectivity index (χ0n) is 17.9. The number of halogens is 1. The number of piperidine rings is 1. The van der Waals surface area contributed by atoms with Crippen LogP contribution in [0.5, 0.6) is 5.75 Å². The number of rotatable bonds is 4. The Morgan fingerprint density at radius 1 is 1.28 bits per heavy atom. The lowest BCUT2D eigenvalue weighted by atomic mass is 9.79. The number of nitrogens with two attached hydrogens (primary N) is 1. The first-order valence-corrected chi connectivity index (χ1v) is 10.2. The number of carbonyl (C=O) groups is 1. The summed E-state index contributed by atoms with van der Waals surface area (Å²) in [5.74, 6) is 0.268. The van der Waals surface area contributed by atoms with E-state index >= 15 is 0 Å². The molecule has 3 rings (SSSR count). The maximum Gasteiger partial charge on any atom is 0.340 e. The van der Waals surface area contributed by atoms with Crippen LogP contribution in [0.1, 0.15) is 51.7 Å². The fourth-order valence-electron chi connectivity index (χ4n) is 4.81. The van der Waals surface area contributed by atoms with Crippen molar-refractivity contribution >= 4 is 28.5 Å². The molecule has 1 aromatic carbocycles. The summed E-state index contributed by atoms with van der Waals surface area (Å²) in [5.41, 5.74) is 1.04. The highest BCUT2D eigenvalue weighted by molar-refractivity contribution is 6.32. The predicted octanol–water partition coefficient (Wildman–Crippen LogP) is 2.71. The molecule has 29 heavy (non-hydrogen) atoms. The Bertz CT molecular complexity index is 994. The zero-order chi connectivity index (χ0) is 21.6. The lowest BCUT2D eigenvalue weighted by Gasteiger charge is -2.43. The van der Waals surface area contributed by atoms with Gasteiger partial charge in [0, 0.05) is 30.3 Å². The van der Waals surface area contributed by atoms with E-state index in [4.69, 9.17) is 20.8 Å². The van der Waals surface area contributed by atoms with Gasteiger partial charge in [-0.15, -0.1) is 0 Å². The number of hydrogen-bond acceptors (Lipinski definition) is 4. The van der Waals surface area contributed by atoms with Crippen molar-refractivity contribution in [1.29, 1.82) is 0 Å². The van der Waals surface area contributed by atoms with Crippen LogP contribution in [0, 0.1) is 6.92 Å². The molecule has 0 spiro atoms. The van der Waals surface area contributed by atoms with Gasteiger partial charge in [-0.25, -0.2) is 4.79 Å². The van der Waals surface area contributed by atoms with Crippen LogP contribution in [0.4, 0.5) is 0 Å². The summed E-state index contributed by atoms with van der Waals surface area (Å²) in [7, 11) is 1.50. The SMILES string of the molecule is COc1cc2oc(=O)c(CC(=O)NC3CC(C)(C)[NH2+]C(C)(C)C3)c(C)c2cc1Cl. The fraction of sp³-hybridized carbons (Fsp3) is 0.545. The van der Waals surface area contributed by atoms with Gasteiger partial charge in [0.25, 0.3) is 0 Å². The zero-order valence-corrected chi connectivity index (χ0v) is 18.7. The molecule has 1 amide bonds. The molecular formula is C22H30ClN2O4+. The molecule has 3 N–H and O–H groups in total. The maximum absolute atomic E-state index is 12.8. The van der Waals surface area contributed by atoms with Gasteiger partial charge in [-0.2, -0.15) is 0 Å². The van der Waals surface area contributed by atoms with Crippen LogP contribution in [0.3, 0.4) is 0 Å². The minimum atomic E-state index is -0.507. The Hall–Kier alpha value is -2.05. The van der Waals surface area contributed by atoms with Gasteiger partial charge in [0.15, 0.2) is 0 Å². The van der Waals surface area contributed by atoms with E-state index in [1.165, 1.54) is 7.11 Å². The molecule has 6 nitrogen and oxygen atoms in total. The van der Waals surface area contributed by atoms with Gasteiger partial charge in [0.1, 0.15) is 11.3 Å². The molecule has 1 aromatic heterocycles. The van der Waals surface area contributed by atoms with Gasteiger partial charge < -0.3 is 19.8 Å². The molecule has 1 fully saturated rings. The minimum Gasteiger partial charge on any atom is -0.495 e. The largest absolute Gasteiger partial charge is 0.495 e. The first kappa shape index (κ1) is 21.7. The van der Waals surface area contributed by atoms with E-state index in [9.17, 15) is 9.59 Å². The van der Waals surface area contributed by atoms with E-state index in [2.05, 4.69) is 38.3 Å². The maximum atomic E-state index is 12.8. The van der Waals surface area contributed by atoms with Crippen molar-refractivity contribution in [3.8, 4) is 5.75 Å². The molecule has 0 unspecified atom stereocenters. The van der Waals surface area contributed by atoms with Gasteiger partial charge in [-0.3, -0.25) is 4.79 Å². The monoisotopic (exact) mass is 421 g/mol. The molecule has 7 heteroatoms. The van der Waals surface area contributed by atoms with E-state index in [-0.39, 0.29) is 29.4 Å². The third kappa shape index (κ3) is 4.75. The summed E-state index contributed by atoms with van der Waals surface area (Å²) in [5, 5.41) is 6.62. The molecule has 1 aliphatic heterocycles. The number of carbonyl (C=O) groups excluding carboxylic acids is 1. The number of ether oxygens (including phenoxy) is 1. The number of nitrogens with one attached hydrogen (secondary N) is 1. The van der Waals surface area contributed by atoms with E-state index in [1.54, 1.807) is 12.1 Å². The number of fused-ring (bicyclic) bond motifs is 1. The molecular weight excluding hydrogens is 392 g/mol. The number of quaternary nitrogens is 1. The Morgan fingerprint density at radius 2 is 1.90 bits per heavy atom. The van der Waals surface area contributed by atoms with Crippen molar-refractivity contribution in [2.24, 2.45) is 0 Å². The van der Waals surface area contributed by atoms with Gasteiger partial charge in [-0.1, -0.05) is 11.6 Å². The average Bonchev–Trinajstić information content (AvgIpc) is 2.56. The predicted molar refractivity (Wildman–Crippen MR) is 114 cm³/mol. The first-order valence-electron chi connectivity index (χ1n) is 9.87. The topological polar surface area (TPSA) is 85.1 Å². The molecule has 0 saturated carbocycles. The Balaban J connectivity index is 1.84. The van der Waals surface area contributed by atoms with Gasteiger partial charge in [0.2, 0.25) is 5.91 Å². The standard InChI is InChI=1S/C22H29ClN2O4/c1-12-14-7-16(23)18(28-6)9-17(14)29-20(27)15(12)8-19(26)24-13-10-21(2,3)25-22(4,5)11-13/h7,9,13,25H,8,10-11H2,1-6H3,(H,24,26)/p+1. The van der Waals surface area contributed by atoms with Gasteiger partial charge in [-0.05, 0) is 46.2 Å². The van der Waals surface area contributed by atoms with E-state index < -0.39 is 5.63 Å². The van der Waals surface area contributed by atoms with Crippen LogP contribution in [0.2, 0.25) is 5.02 Å². The van der Waals surface area contributed by atoms with Gasteiger partial charge in [0.05, 0.1) is 35.2 Å². The lowest BCUT2D eigenvalue weighted by molar-refractivity contribution is -0.787. The van der Waals surface area contributed by atoms with Gasteiger partial charge >= 0.3 is 5.63 Å². The second-order valence-corrected chi connectivity index (χ2v) is 9.85. The molecule has 0 radical (unpaired) electrons. The minimum absolute atomic E-state index is 0.0190. The van der Waals surface area contributed by atoms with Crippen molar-refractivity contribution in [3.63, 3.8) is 0 Å². The Labute approximate surface area is 175 Å². The first-order chi connectivity index (χ1) is 13.4. The average molecular weight is 422 g/mol.